The average Bonchev–Trinajstić information content (AvgIpc) is 2.94. The van der Waals surface area contributed by atoms with E-state index in [1.807, 2.05) is 0 Å². The molecular weight excluding hydrogens is 236 g/mol. The van der Waals surface area contributed by atoms with Crippen LogP contribution in [0.5, 0.6) is 0 Å². The molecule has 2 unspecified atom stereocenters. The Hall–Kier alpha value is -0.570. The molecule has 2 fully saturated rings. The largest absolute Gasteiger partial charge is 0.326 e. The first-order valence-corrected chi connectivity index (χ1v) is 8.18. The van der Waals surface area contributed by atoms with Gasteiger partial charge in [0.15, 0.2) is 0 Å². The summed E-state index contributed by atoms with van der Waals surface area (Å²) in [6, 6.07) is 0.0788. The summed E-state index contributed by atoms with van der Waals surface area (Å²) in [6.07, 6.45) is 8.76. The van der Waals surface area contributed by atoms with Gasteiger partial charge in [-0.1, -0.05) is 40.0 Å². The summed E-state index contributed by atoms with van der Waals surface area (Å²) in [5.74, 6) is 1.75. The highest BCUT2D eigenvalue weighted by Crippen LogP contribution is 2.29. The van der Waals surface area contributed by atoms with Gasteiger partial charge in [0.2, 0.25) is 5.91 Å². The van der Waals surface area contributed by atoms with Crippen molar-refractivity contribution in [1.82, 2.24) is 10.2 Å². The second kappa shape index (κ2) is 6.74. The van der Waals surface area contributed by atoms with Crippen LogP contribution in [-0.2, 0) is 4.79 Å². The maximum atomic E-state index is 12.5. The van der Waals surface area contributed by atoms with Gasteiger partial charge in [-0.2, -0.15) is 0 Å². The summed E-state index contributed by atoms with van der Waals surface area (Å²) in [4.78, 5) is 14.7. The molecule has 110 valence electrons. The Bertz CT molecular complexity index is 297. The lowest BCUT2D eigenvalue weighted by Gasteiger charge is -2.28. The van der Waals surface area contributed by atoms with Gasteiger partial charge in [-0.3, -0.25) is 10.1 Å². The molecule has 1 N–H and O–H groups in total. The number of hydrogen-bond donors (Lipinski definition) is 1. The average molecular weight is 266 g/mol. The van der Waals surface area contributed by atoms with E-state index < -0.39 is 0 Å². The molecule has 0 aromatic heterocycles. The summed E-state index contributed by atoms with van der Waals surface area (Å²) >= 11 is 0. The number of rotatable bonds is 6. The molecule has 1 saturated heterocycles. The Morgan fingerprint density at radius 2 is 2.00 bits per heavy atom. The van der Waals surface area contributed by atoms with Gasteiger partial charge >= 0.3 is 0 Å². The van der Waals surface area contributed by atoms with Crippen LogP contribution in [0.4, 0.5) is 0 Å². The molecule has 1 saturated carbocycles. The first kappa shape index (κ1) is 14.8. The Morgan fingerprint density at radius 1 is 1.32 bits per heavy atom. The van der Waals surface area contributed by atoms with E-state index in [1.165, 1.54) is 25.7 Å². The van der Waals surface area contributed by atoms with Gasteiger partial charge in [0, 0.05) is 6.54 Å². The summed E-state index contributed by atoms with van der Waals surface area (Å²) in [6.45, 7) is 7.63. The third-order valence-corrected chi connectivity index (χ3v) is 4.55. The molecule has 2 aliphatic rings. The Kier molecular flexibility index (Phi) is 5.26. The van der Waals surface area contributed by atoms with Crippen LogP contribution in [-0.4, -0.2) is 29.6 Å². The number of nitrogens with zero attached hydrogens (tertiary/aromatic N) is 1. The normalized spacial score (nSPS) is 28.8. The second-order valence-corrected chi connectivity index (χ2v) is 6.79. The summed E-state index contributed by atoms with van der Waals surface area (Å²) in [7, 11) is 0. The van der Waals surface area contributed by atoms with Gasteiger partial charge in [-0.05, 0) is 37.5 Å². The van der Waals surface area contributed by atoms with Crippen LogP contribution in [0, 0.1) is 11.8 Å². The molecule has 2 atom stereocenters. The topological polar surface area (TPSA) is 32.3 Å². The molecule has 0 aromatic carbocycles. The number of carbonyl (C=O) groups excluding carboxylic acids is 1. The lowest BCUT2D eigenvalue weighted by molar-refractivity contribution is -0.130. The van der Waals surface area contributed by atoms with Crippen LogP contribution in [0.15, 0.2) is 0 Å². The Balaban J connectivity index is 1.99. The van der Waals surface area contributed by atoms with Crippen molar-refractivity contribution in [3.05, 3.63) is 0 Å². The maximum absolute atomic E-state index is 12.5. The number of nitrogens with one attached hydrogen (secondary N) is 1. The quantitative estimate of drug-likeness (QED) is 0.801. The highest BCUT2D eigenvalue weighted by molar-refractivity contribution is 5.84. The van der Waals surface area contributed by atoms with E-state index in [1.54, 1.807) is 0 Å². The van der Waals surface area contributed by atoms with Gasteiger partial charge in [0.1, 0.15) is 0 Å². The molecule has 1 aliphatic heterocycles. The third kappa shape index (κ3) is 3.71. The third-order valence-electron chi connectivity index (χ3n) is 4.55. The minimum atomic E-state index is 0.0788. The van der Waals surface area contributed by atoms with Crippen LogP contribution in [0.3, 0.4) is 0 Å². The minimum Gasteiger partial charge on any atom is -0.326 e. The summed E-state index contributed by atoms with van der Waals surface area (Å²) in [5, 5.41) is 3.57. The molecule has 3 nitrogen and oxygen atoms in total. The van der Waals surface area contributed by atoms with E-state index in [2.05, 4.69) is 31.0 Å². The van der Waals surface area contributed by atoms with Crippen molar-refractivity contribution in [3.8, 4) is 0 Å². The lowest BCUT2D eigenvalue weighted by Crippen LogP contribution is -2.40. The van der Waals surface area contributed by atoms with Gasteiger partial charge in [-0.15, -0.1) is 0 Å². The van der Waals surface area contributed by atoms with Gasteiger partial charge in [0.05, 0.1) is 12.2 Å². The van der Waals surface area contributed by atoms with Gasteiger partial charge in [-0.25, -0.2) is 0 Å². The molecule has 19 heavy (non-hydrogen) atoms. The number of carbonyl (C=O) groups is 1. The fourth-order valence-electron chi connectivity index (χ4n) is 3.57. The maximum Gasteiger partial charge on any atom is 0.241 e. The second-order valence-electron chi connectivity index (χ2n) is 6.79. The van der Waals surface area contributed by atoms with Crippen molar-refractivity contribution in [2.45, 2.75) is 77.9 Å². The fourth-order valence-corrected chi connectivity index (χ4v) is 3.57. The van der Waals surface area contributed by atoms with Crippen LogP contribution < -0.4 is 5.32 Å². The SMILES string of the molecule is CCCC1NC(CC(C)C)N(CC2CCCC2)C1=O. The predicted molar refractivity (Wildman–Crippen MR) is 78.7 cm³/mol. The smallest absolute Gasteiger partial charge is 0.241 e. The summed E-state index contributed by atoms with van der Waals surface area (Å²) < 4.78 is 0. The van der Waals surface area contributed by atoms with Gasteiger partial charge in [0.25, 0.3) is 0 Å². The lowest BCUT2D eigenvalue weighted by atomic mass is 10.1. The van der Waals surface area contributed by atoms with E-state index in [0.29, 0.717) is 11.8 Å². The Morgan fingerprint density at radius 3 is 2.58 bits per heavy atom. The zero-order valence-corrected chi connectivity index (χ0v) is 12.8. The molecule has 0 radical (unpaired) electrons. The van der Waals surface area contributed by atoms with Crippen molar-refractivity contribution in [2.24, 2.45) is 11.8 Å². The molecule has 0 spiro atoms. The fraction of sp³-hybridized carbons (Fsp3) is 0.938. The zero-order valence-electron chi connectivity index (χ0n) is 12.8. The minimum absolute atomic E-state index is 0.0788. The van der Waals surface area contributed by atoms with E-state index in [9.17, 15) is 4.79 Å². The van der Waals surface area contributed by atoms with Crippen molar-refractivity contribution >= 4 is 5.91 Å². The molecule has 3 heteroatoms. The van der Waals surface area contributed by atoms with E-state index in [4.69, 9.17) is 0 Å². The number of hydrogen-bond acceptors (Lipinski definition) is 2. The van der Waals surface area contributed by atoms with E-state index >= 15 is 0 Å². The Labute approximate surface area is 118 Å². The first-order valence-electron chi connectivity index (χ1n) is 8.18. The van der Waals surface area contributed by atoms with Crippen molar-refractivity contribution in [1.29, 1.82) is 0 Å². The molecule has 0 aromatic rings. The summed E-state index contributed by atoms with van der Waals surface area (Å²) in [5.41, 5.74) is 0. The van der Waals surface area contributed by atoms with Crippen molar-refractivity contribution < 1.29 is 4.79 Å². The molecule has 0 bridgehead atoms. The molecule has 1 heterocycles. The van der Waals surface area contributed by atoms with Crippen LogP contribution in [0.1, 0.15) is 65.7 Å². The standard InChI is InChI=1S/C16H30N2O/c1-4-7-14-16(19)18(11-13-8-5-6-9-13)15(17-14)10-12(2)3/h12-15,17H,4-11H2,1-3H3. The van der Waals surface area contributed by atoms with Crippen molar-refractivity contribution in [3.63, 3.8) is 0 Å². The molecule has 1 amide bonds. The zero-order chi connectivity index (χ0) is 13.8. The highest BCUT2D eigenvalue weighted by atomic mass is 16.2. The van der Waals surface area contributed by atoms with Crippen LogP contribution >= 0.6 is 0 Å². The van der Waals surface area contributed by atoms with Gasteiger partial charge < -0.3 is 4.90 Å². The molecular formula is C16H30N2O. The first-order chi connectivity index (χ1) is 9.11. The molecule has 1 aliphatic carbocycles. The predicted octanol–water partition coefficient (Wildman–Crippen LogP) is 3.15. The number of amides is 1. The van der Waals surface area contributed by atoms with E-state index in [0.717, 1.165) is 31.7 Å². The van der Waals surface area contributed by atoms with Crippen molar-refractivity contribution in [2.75, 3.05) is 6.54 Å². The molecule has 2 rings (SSSR count). The van der Waals surface area contributed by atoms with Crippen LogP contribution in [0.25, 0.3) is 0 Å². The highest BCUT2D eigenvalue weighted by Gasteiger charge is 2.39. The monoisotopic (exact) mass is 266 g/mol. The van der Waals surface area contributed by atoms with E-state index in [-0.39, 0.29) is 12.2 Å². The van der Waals surface area contributed by atoms with Crippen LogP contribution in [0.2, 0.25) is 0 Å².